The standard InChI is InChI=1S/C15H20ClFN2O3/c1-10(13-11(16)3-2-4-12(13)17)19-14(20)18-9-15(21)5-7-22-8-6-15/h2-4,10,21H,5-9H2,1H3,(H2,18,19,20). The third-order valence-corrected chi connectivity index (χ3v) is 4.11. The van der Waals surface area contributed by atoms with Gasteiger partial charge in [0, 0.05) is 43.2 Å². The van der Waals surface area contributed by atoms with Gasteiger partial charge in [0.25, 0.3) is 0 Å². The molecule has 1 heterocycles. The fourth-order valence-corrected chi connectivity index (χ4v) is 2.74. The molecule has 1 aliphatic heterocycles. The molecule has 7 heteroatoms. The number of rotatable bonds is 4. The molecule has 5 nitrogen and oxygen atoms in total. The minimum atomic E-state index is -0.950. The molecule has 0 bridgehead atoms. The smallest absolute Gasteiger partial charge is 0.315 e. The molecule has 1 unspecified atom stereocenters. The van der Waals surface area contributed by atoms with Crippen LogP contribution in [0.15, 0.2) is 18.2 Å². The number of amides is 2. The molecule has 0 spiro atoms. The molecule has 1 saturated heterocycles. The Morgan fingerprint density at radius 1 is 1.50 bits per heavy atom. The van der Waals surface area contributed by atoms with Gasteiger partial charge in [-0.15, -0.1) is 0 Å². The fourth-order valence-electron chi connectivity index (χ4n) is 2.42. The van der Waals surface area contributed by atoms with Gasteiger partial charge in [0.1, 0.15) is 5.82 Å². The summed E-state index contributed by atoms with van der Waals surface area (Å²) in [5.41, 5.74) is -0.710. The van der Waals surface area contributed by atoms with Crippen molar-refractivity contribution < 1.29 is 19.0 Å². The summed E-state index contributed by atoms with van der Waals surface area (Å²) in [7, 11) is 0. The number of carbonyl (C=O) groups excluding carboxylic acids is 1. The van der Waals surface area contributed by atoms with Crippen molar-refractivity contribution in [3.05, 3.63) is 34.6 Å². The maximum Gasteiger partial charge on any atom is 0.315 e. The van der Waals surface area contributed by atoms with Crippen molar-refractivity contribution in [2.24, 2.45) is 0 Å². The normalized spacial score (nSPS) is 18.5. The molecule has 1 fully saturated rings. The SMILES string of the molecule is CC(NC(=O)NCC1(O)CCOCC1)c1c(F)cccc1Cl. The quantitative estimate of drug-likeness (QED) is 0.794. The van der Waals surface area contributed by atoms with Crippen LogP contribution in [0.1, 0.15) is 31.4 Å². The van der Waals surface area contributed by atoms with E-state index in [2.05, 4.69) is 10.6 Å². The van der Waals surface area contributed by atoms with Crippen LogP contribution in [-0.2, 0) is 4.74 Å². The first-order valence-corrected chi connectivity index (χ1v) is 7.57. The van der Waals surface area contributed by atoms with Crippen LogP contribution >= 0.6 is 11.6 Å². The van der Waals surface area contributed by atoms with Gasteiger partial charge in [-0.1, -0.05) is 17.7 Å². The summed E-state index contributed by atoms with van der Waals surface area (Å²) in [5, 5.41) is 15.7. The minimum absolute atomic E-state index is 0.125. The summed E-state index contributed by atoms with van der Waals surface area (Å²) in [6, 6.07) is 3.31. The number of urea groups is 1. The molecule has 22 heavy (non-hydrogen) atoms. The number of benzene rings is 1. The first-order valence-electron chi connectivity index (χ1n) is 7.20. The first kappa shape index (κ1) is 17.0. The van der Waals surface area contributed by atoms with E-state index in [9.17, 15) is 14.3 Å². The van der Waals surface area contributed by atoms with E-state index in [4.69, 9.17) is 16.3 Å². The van der Waals surface area contributed by atoms with Crippen molar-refractivity contribution in [2.75, 3.05) is 19.8 Å². The zero-order valence-corrected chi connectivity index (χ0v) is 13.1. The van der Waals surface area contributed by atoms with Gasteiger partial charge in [-0.2, -0.15) is 0 Å². The predicted octanol–water partition coefficient (Wildman–Crippen LogP) is 2.38. The topological polar surface area (TPSA) is 70.6 Å². The van der Waals surface area contributed by atoms with Crippen molar-refractivity contribution >= 4 is 17.6 Å². The van der Waals surface area contributed by atoms with Gasteiger partial charge in [-0.25, -0.2) is 9.18 Å². The van der Waals surface area contributed by atoms with E-state index >= 15 is 0 Å². The van der Waals surface area contributed by atoms with E-state index in [1.54, 1.807) is 13.0 Å². The van der Waals surface area contributed by atoms with Crippen LogP contribution in [0.5, 0.6) is 0 Å². The molecule has 0 aromatic heterocycles. The molecular weight excluding hydrogens is 311 g/mol. The number of hydrogen-bond donors (Lipinski definition) is 3. The lowest BCUT2D eigenvalue weighted by Crippen LogP contribution is -2.49. The lowest BCUT2D eigenvalue weighted by atomic mass is 9.94. The van der Waals surface area contributed by atoms with Gasteiger partial charge >= 0.3 is 6.03 Å². The maximum atomic E-state index is 13.8. The monoisotopic (exact) mass is 330 g/mol. The van der Waals surface area contributed by atoms with E-state index in [1.165, 1.54) is 12.1 Å². The lowest BCUT2D eigenvalue weighted by Gasteiger charge is -2.32. The van der Waals surface area contributed by atoms with Gasteiger partial charge < -0.3 is 20.5 Å². The third kappa shape index (κ3) is 4.32. The fraction of sp³-hybridized carbons (Fsp3) is 0.533. The molecule has 2 rings (SSSR count). The Morgan fingerprint density at radius 2 is 2.18 bits per heavy atom. The summed E-state index contributed by atoms with van der Waals surface area (Å²) in [6.07, 6.45) is 0.948. The molecule has 1 atom stereocenters. The van der Waals surface area contributed by atoms with Crippen LogP contribution in [0.25, 0.3) is 0 Å². The summed E-state index contributed by atoms with van der Waals surface area (Å²) in [6.45, 7) is 2.72. The number of nitrogens with one attached hydrogen (secondary N) is 2. The van der Waals surface area contributed by atoms with Crippen molar-refractivity contribution in [3.63, 3.8) is 0 Å². The van der Waals surface area contributed by atoms with Gasteiger partial charge in [-0.3, -0.25) is 0 Å². The van der Waals surface area contributed by atoms with Crippen LogP contribution in [0.2, 0.25) is 5.02 Å². The van der Waals surface area contributed by atoms with Gasteiger partial charge in [-0.05, 0) is 19.1 Å². The van der Waals surface area contributed by atoms with Crippen molar-refractivity contribution in [1.29, 1.82) is 0 Å². The second-order valence-electron chi connectivity index (χ2n) is 5.52. The van der Waals surface area contributed by atoms with E-state index in [0.717, 1.165) is 0 Å². The van der Waals surface area contributed by atoms with E-state index in [0.29, 0.717) is 26.1 Å². The minimum Gasteiger partial charge on any atom is -0.388 e. The van der Waals surface area contributed by atoms with E-state index < -0.39 is 23.5 Å². The zero-order chi connectivity index (χ0) is 16.2. The molecule has 0 aliphatic carbocycles. The summed E-state index contributed by atoms with van der Waals surface area (Å²) in [5.74, 6) is -0.469. The predicted molar refractivity (Wildman–Crippen MR) is 81.4 cm³/mol. The number of ether oxygens (including phenoxy) is 1. The zero-order valence-electron chi connectivity index (χ0n) is 12.4. The van der Waals surface area contributed by atoms with Crippen LogP contribution in [-0.4, -0.2) is 36.5 Å². The van der Waals surface area contributed by atoms with Crippen molar-refractivity contribution in [1.82, 2.24) is 10.6 Å². The Balaban J connectivity index is 1.89. The highest BCUT2D eigenvalue weighted by Gasteiger charge is 2.30. The van der Waals surface area contributed by atoms with E-state index in [1.807, 2.05) is 0 Å². The average Bonchev–Trinajstić information content (AvgIpc) is 2.46. The molecular formula is C15H20ClFN2O3. The van der Waals surface area contributed by atoms with Crippen LogP contribution < -0.4 is 10.6 Å². The lowest BCUT2D eigenvalue weighted by molar-refractivity contribution is -0.0600. The van der Waals surface area contributed by atoms with Gasteiger partial charge in [0.15, 0.2) is 0 Å². The van der Waals surface area contributed by atoms with Crippen LogP contribution in [0, 0.1) is 5.82 Å². The second-order valence-corrected chi connectivity index (χ2v) is 5.93. The first-order chi connectivity index (χ1) is 10.4. The largest absolute Gasteiger partial charge is 0.388 e. The average molecular weight is 331 g/mol. The molecule has 122 valence electrons. The summed E-state index contributed by atoms with van der Waals surface area (Å²) >= 11 is 5.96. The van der Waals surface area contributed by atoms with Crippen molar-refractivity contribution in [3.8, 4) is 0 Å². The van der Waals surface area contributed by atoms with Crippen LogP contribution in [0.3, 0.4) is 0 Å². The third-order valence-electron chi connectivity index (χ3n) is 3.78. The number of hydrogen-bond acceptors (Lipinski definition) is 3. The van der Waals surface area contributed by atoms with Gasteiger partial charge in [0.2, 0.25) is 0 Å². The summed E-state index contributed by atoms with van der Waals surface area (Å²) < 4.78 is 19.0. The molecule has 1 aromatic rings. The molecule has 1 aliphatic rings. The Kier molecular flexibility index (Phi) is 5.61. The molecule has 0 saturated carbocycles. The van der Waals surface area contributed by atoms with Crippen LogP contribution in [0.4, 0.5) is 9.18 Å². The Morgan fingerprint density at radius 3 is 2.82 bits per heavy atom. The molecule has 3 N–H and O–H groups in total. The Labute approximate surface area is 133 Å². The van der Waals surface area contributed by atoms with Crippen molar-refractivity contribution in [2.45, 2.75) is 31.4 Å². The Bertz CT molecular complexity index is 515. The highest BCUT2D eigenvalue weighted by Crippen LogP contribution is 2.25. The highest BCUT2D eigenvalue weighted by molar-refractivity contribution is 6.31. The molecule has 2 amide bonds. The summed E-state index contributed by atoms with van der Waals surface area (Å²) in [4.78, 5) is 11.9. The number of aliphatic hydroxyl groups is 1. The number of carbonyl (C=O) groups is 1. The second kappa shape index (κ2) is 7.26. The molecule has 0 radical (unpaired) electrons. The van der Waals surface area contributed by atoms with E-state index in [-0.39, 0.29) is 17.1 Å². The number of halogens is 2. The Hall–Kier alpha value is -1.37. The highest BCUT2D eigenvalue weighted by atomic mass is 35.5. The maximum absolute atomic E-state index is 13.8. The van der Waals surface area contributed by atoms with Gasteiger partial charge in [0.05, 0.1) is 11.6 Å². The molecule has 1 aromatic carbocycles.